The van der Waals surface area contributed by atoms with Crippen LogP contribution >= 0.6 is 0 Å². The van der Waals surface area contributed by atoms with Crippen molar-refractivity contribution in [1.82, 2.24) is 9.13 Å². The third-order valence-electron chi connectivity index (χ3n) is 9.94. The molecule has 0 saturated heterocycles. The molecule has 0 saturated carbocycles. The van der Waals surface area contributed by atoms with Crippen molar-refractivity contribution >= 4 is 45.2 Å². The first-order chi connectivity index (χ1) is 23.3. The average molecular weight is 604 g/mol. The number of fused-ring (bicyclic) bond motifs is 6. The van der Waals surface area contributed by atoms with Gasteiger partial charge in [-0.05, 0) is 91.3 Å². The van der Waals surface area contributed by atoms with E-state index in [1.165, 1.54) is 50.0 Å². The quantitative estimate of drug-likeness (QED) is 0.197. The van der Waals surface area contributed by atoms with Crippen LogP contribution in [0.2, 0.25) is 0 Å². The van der Waals surface area contributed by atoms with Crippen molar-refractivity contribution in [3.63, 3.8) is 0 Å². The van der Waals surface area contributed by atoms with Crippen LogP contribution in [0, 0.1) is 11.3 Å². The summed E-state index contributed by atoms with van der Waals surface area (Å²) in [6, 6.07) is 34.9. The standard InChI is InChI=1S/C44H33N3/c45-29-30-26-27-31(46-40-22-10-6-17-35(40)36-18-7-11-23-41(36)46)28-39(30)33-15-5-4-14-32(33)34-16-2-1-3-21-42(34)47-43-24-12-8-19-37(43)38-20-9-13-25-44(38)47/h2-6,8-12,14-17,19-24,26-28H,1,7,13,18,25H2. The molecule has 0 bridgehead atoms. The third-order valence-corrected chi connectivity index (χ3v) is 9.94. The number of aromatic nitrogens is 2. The molecule has 0 unspecified atom stereocenters. The predicted molar refractivity (Wildman–Crippen MR) is 196 cm³/mol. The SMILES string of the molecule is N#Cc1ccc(-n2c3c(c4ccccc42)CCC=C3)cc1-c1ccccc1C1=C(n2c3c(c4ccccc42)C=CCC3)C=CCC=C1. The molecule has 2 aromatic heterocycles. The van der Waals surface area contributed by atoms with Crippen molar-refractivity contribution in [2.45, 2.75) is 32.1 Å². The third kappa shape index (κ3) is 4.33. The number of rotatable bonds is 4. The minimum atomic E-state index is 0.672. The Morgan fingerprint density at radius 3 is 2.19 bits per heavy atom. The van der Waals surface area contributed by atoms with Gasteiger partial charge in [-0.25, -0.2) is 0 Å². The first kappa shape index (κ1) is 27.5. The minimum absolute atomic E-state index is 0.672. The maximum atomic E-state index is 10.4. The molecule has 3 heteroatoms. The molecule has 4 aromatic carbocycles. The topological polar surface area (TPSA) is 33.6 Å². The lowest BCUT2D eigenvalue weighted by molar-refractivity contribution is 0.901. The fraction of sp³-hybridized carbons (Fsp3) is 0.114. The highest BCUT2D eigenvalue weighted by Gasteiger charge is 2.23. The van der Waals surface area contributed by atoms with Gasteiger partial charge in [-0.3, -0.25) is 0 Å². The molecule has 47 heavy (non-hydrogen) atoms. The summed E-state index contributed by atoms with van der Waals surface area (Å²) >= 11 is 0. The van der Waals surface area contributed by atoms with Gasteiger partial charge in [0.1, 0.15) is 0 Å². The number of hydrogen-bond acceptors (Lipinski definition) is 1. The maximum Gasteiger partial charge on any atom is 0.0998 e. The first-order valence-electron chi connectivity index (χ1n) is 16.6. The van der Waals surface area contributed by atoms with E-state index in [0.29, 0.717) is 5.56 Å². The van der Waals surface area contributed by atoms with Crippen molar-refractivity contribution in [3.8, 4) is 22.9 Å². The van der Waals surface area contributed by atoms with Crippen LogP contribution < -0.4 is 0 Å². The fourth-order valence-corrected chi connectivity index (χ4v) is 7.90. The van der Waals surface area contributed by atoms with E-state index < -0.39 is 0 Å². The zero-order valence-corrected chi connectivity index (χ0v) is 26.2. The molecule has 0 N–H and O–H groups in total. The number of hydrogen-bond donors (Lipinski definition) is 0. The molecule has 2 heterocycles. The number of allylic oxidation sites excluding steroid dienone is 8. The van der Waals surface area contributed by atoms with Crippen LogP contribution in [0.1, 0.15) is 52.9 Å². The Labute approximate surface area is 275 Å². The molecule has 6 aromatic rings. The Balaban J connectivity index is 1.30. The number of nitriles is 1. The van der Waals surface area contributed by atoms with E-state index >= 15 is 0 Å². The van der Waals surface area contributed by atoms with E-state index in [4.69, 9.17) is 0 Å². The van der Waals surface area contributed by atoms with E-state index in [2.05, 4.69) is 149 Å². The average Bonchev–Trinajstić information content (AvgIpc) is 3.53. The van der Waals surface area contributed by atoms with Gasteiger partial charge in [0.2, 0.25) is 0 Å². The molecule has 0 fully saturated rings. The second kappa shape index (κ2) is 11.2. The summed E-state index contributed by atoms with van der Waals surface area (Å²) in [5.74, 6) is 0. The van der Waals surface area contributed by atoms with Gasteiger partial charge >= 0.3 is 0 Å². The van der Waals surface area contributed by atoms with Crippen LogP contribution in [0.15, 0.2) is 127 Å². The summed E-state index contributed by atoms with van der Waals surface area (Å²) in [6.07, 6.45) is 23.2. The Bertz CT molecular complexity index is 2440. The van der Waals surface area contributed by atoms with E-state index in [-0.39, 0.29) is 0 Å². The largest absolute Gasteiger partial charge is 0.312 e. The zero-order valence-electron chi connectivity index (χ0n) is 26.2. The lowest BCUT2D eigenvalue weighted by Gasteiger charge is -2.20. The van der Waals surface area contributed by atoms with Crippen molar-refractivity contribution in [2.75, 3.05) is 0 Å². The molecule has 0 atom stereocenters. The summed E-state index contributed by atoms with van der Waals surface area (Å²) in [7, 11) is 0. The highest BCUT2D eigenvalue weighted by molar-refractivity contribution is 6.03. The smallest absolute Gasteiger partial charge is 0.0998 e. The van der Waals surface area contributed by atoms with Crippen molar-refractivity contribution in [3.05, 3.63) is 161 Å². The van der Waals surface area contributed by atoms with Crippen molar-refractivity contribution in [2.24, 2.45) is 0 Å². The van der Waals surface area contributed by atoms with Crippen LogP contribution in [-0.2, 0) is 12.8 Å². The number of aryl methyl sites for hydroxylation is 1. The maximum absolute atomic E-state index is 10.4. The highest BCUT2D eigenvalue weighted by Crippen LogP contribution is 2.41. The van der Waals surface area contributed by atoms with E-state index in [9.17, 15) is 5.26 Å². The van der Waals surface area contributed by atoms with Gasteiger partial charge < -0.3 is 9.13 Å². The van der Waals surface area contributed by atoms with Crippen LogP contribution in [-0.4, -0.2) is 9.13 Å². The molecule has 3 aliphatic carbocycles. The van der Waals surface area contributed by atoms with Gasteiger partial charge in [-0.1, -0.05) is 97.1 Å². The van der Waals surface area contributed by atoms with E-state index in [0.717, 1.165) is 60.1 Å². The second-order valence-electron chi connectivity index (χ2n) is 12.5. The van der Waals surface area contributed by atoms with Gasteiger partial charge in [0.05, 0.1) is 28.4 Å². The van der Waals surface area contributed by atoms with Crippen molar-refractivity contribution < 1.29 is 0 Å². The number of para-hydroxylation sites is 2. The van der Waals surface area contributed by atoms with Gasteiger partial charge in [-0.15, -0.1) is 0 Å². The molecule has 0 spiro atoms. The number of benzene rings is 4. The first-order valence-corrected chi connectivity index (χ1v) is 16.6. The van der Waals surface area contributed by atoms with Gasteiger partial charge in [0.25, 0.3) is 0 Å². The van der Waals surface area contributed by atoms with Gasteiger partial charge in [0.15, 0.2) is 0 Å². The Hall–Kier alpha value is -5.85. The molecule has 3 nitrogen and oxygen atoms in total. The highest BCUT2D eigenvalue weighted by atomic mass is 15.0. The molecule has 0 radical (unpaired) electrons. The second-order valence-corrected chi connectivity index (χ2v) is 12.5. The molecule has 3 aliphatic rings. The van der Waals surface area contributed by atoms with Crippen LogP contribution in [0.3, 0.4) is 0 Å². The Morgan fingerprint density at radius 2 is 1.32 bits per heavy atom. The summed E-state index contributed by atoms with van der Waals surface area (Å²) in [5, 5.41) is 13.0. The normalized spacial score (nSPS) is 15.2. The Kier molecular flexibility index (Phi) is 6.54. The Morgan fingerprint density at radius 1 is 0.596 bits per heavy atom. The van der Waals surface area contributed by atoms with E-state index in [1.54, 1.807) is 0 Å². The molecule has 0 amide bonds. The van der Waals surface area contributed by atoms with E-state index in [1.807, 2.05) is 6.07 Å². The molecular formula is C44H33N3. The van der Waals surface area contributed by atoms with Crippen molar-refractivity contribution in [1.29, 1.82) is 5.26 Å². The molecule has 0 aliphatic heterocycles. The summed E-state index contributed by atoms with van der Waals surface area (Å²) in [5.41, 5.74) is 14.9. The lowest BCUT2D eigenvalue weighted by atomic mass is 9.90. The van der Waals surface area contributed by atoms with Crippen LogP contribution in [0.4, 0.5) is 0 Å². The summed E-state index contributed by atoms with van der Waals surface area (Å²) < 4.78 is 4.86. The zero-order chi connectivity index (χ0) is 31.3. The number of nitrogens with zero attached hydrogens (tertiary/aromatic N) is 3. The minimum Gasteiger partial charge on any atom is -0.312 e. The monoisotopic (exact) mass is 603 g/mol. The predicted octanol–water partition coefficient (Wildman–Crippen LogP) is 10.9. The molecule has 9 rings (SSSR count). The lowest BCUT2D eigenvalue weighted by Crippen LogP contribution is -2.06. The van der Waals surface area contributed by atoms with Crippen LogP contribution in [0.25, 0.3) is 62.0 Å². The summed E-state index contributed by atoms with van der Waals surface area (Å²) in [6.45, 7) is 0. The van der Waals surface area contributed by atoms with Gasteiger partial charge in [-0.2, -0.15) is 5.26 Å². The summed E-state index contributed by atoms with van der Waals surface area (Å²) in [4.78, 5) is 0. The van der Waals surface area contributed by atoms with Crippen LogP contribution in [0.5, 0.6) is 0 Å². The van der Waals surface area contributed by atoms with Gasteiger partial charge in [0, 0.05) is 44.5 Å². The molecule has 224 valence electrons. The fourth-order valence-electron chi connectivity index (χ4n) is 7.90. The molecular weight excluding hydrogens is 571 g/mol.